The van der Waals surface area contributed by atoms with Gasteiger partial charge in [0.1, 0.15) is 0 Å². The van der Waals surface area contributed by atoms with Gasteiger partial charge in [-0.25, -0.2) is 13.1 Å². The Balaban J connectivity index is 2.09. The molecule has 0 saturated carbocycles. The van der Waals surface area contributed by atoms with Crippen molar-refractivity contribution in [2.75, 3.05) is 6.54 Å². The quantitative estimate of drug-likeness (QED) is 0.824. The molecule has 0 aliphatic rings. The fourth-order valence-electron chi connectivity index (χ4n) is 1.71. The second kappa shape index (κ2) is 6.89. The molecule has 0 bridgehead atoms. The largest absolute Gasteiger partial charge is 0.387 e. The van der Waals surface area contributed by atoms with E-state index >= 15 is 0 Å². The normalized spacial score (nSPS) is 13.1. The van der Waals surface area contributed by atoms with Gasteiger partial charge >= 0.3 is 0 Å². The first-order chi connectivity index (χ1) is 9.90. The maximum Gasteiger partial charge on any atom is 0.240 e. The molecule has 2 aromatic rings. The fraction of sp³-hybridized carbons (Fsp3) is 0.143. The summed E-state index contributed by atoms with van der Waals surface area (Å²) in [5.41, 5.74) is 0.650. The maximum atomic E-state index is 12.1. The number of nitrogens with one attached hydrogen (secondary N) is 1. The molecule has 0 amide bonds. The monoisotopic (exact) mass is 389 g/mol. The van der Waals surface area contributed by atoms with Crippen molar-refractivity contribution in [3.8, 4) is 0 Å². The minimum absolute atomic E-state index is 0.0824. The summed E-state index contributed by atoms with van der Waals surface area (Å²) in [4.78, 5) is 0.0824. The van der Waals surface area contributed by atoms with E-state index in [-0.39, 0.29) is 11.4 Å². The van der Waals surface area contributed by atoms with Crippen molar-refractivity contribution in [3.63, 3.8) is 0 Å². The standard InChI is InChI=1S/C14H13BrClNO3S/c15-12-8-11(6-7-13(12)16)21(19,20)17-9-14(18)10-4-2-1-3-5-10/h1-8,14,17-18H,9H2. The van der Waals surface area contributed by atoms with Gasteiger partial charge in [0, 0.05) is 11.0 Å². The lowest BCUT2D eigenvalue weighted by Gasteiger charge is -2.13. The third-order valence-electron chi connectivity index (χ3n) is 2.85. The second-order valence-corrected chi connectivity index (χ2v) is 7.38. The summed E-state index contributed by atoms with van der Waals surface area (Å²) < 4.78 is 27.2. The van der Waals surface area contributed by atoms with Gasteiger partial charge in [-0.15, -0.1) is 0 Å². The molecule has 2 N–H and O–H groups in total. The van der Waals surface area contributed by atoms with E-state index in [0.29, 0.717) is 15.1 Å². The Morgan fingerprint density at radius 1 is 1.19 bits per heavy atom. The third kappa shape index (κ3) is 4.28. The average Bonchev–Trinajstić information content (AvgIpc) is 2.48. The highest BCUT2D eigenvalue weighted by Crippen LogP contribution is 2.25. The number of rotatable bonds is 5. The van der Waals surface area contributed by atoms with E-state index < -0.39 is 16.1 Å². The molecule has 7 heteroatoms. The Hall–Kier alpha value is -0.920. The summed E-state index contributed by atoms with van der Waals surface area (Å²) in [6, 6.07) is 13.2. The van der Waals surface area contributed by atoms with Gasteiger partial charge < -0.3 is 5.11 Å². The first-order valence-electron chi connectivity index (χ1n) is 6.08. The molecule has 0 saturated heterocycles. The number of aliphatic hydroxyl groups is 1. The van der Waals surface area contributed by atoms with Gasteiger partial charge in [-0.1, -0.05) is 41.9 Å². The highest BCUT2D eigenvalue weighted by Gasteiger charge is 2.17. The van der Waals surface area contributed by atoms with Gasteiger partial charge in [-0.2, -0.15) is 0 Å². The van der Waals surface area contributed by atoms with Crippen molar-refractivity contribution in [2.45, 2.75) is 11.0 Å². The van der Waals surface area contributed by atoms with Crippen LogP contribution in [0.3, 0.4) is 0 Å². The van der Waals surface area contributed by atoms with Crippen LogP contribution in [0.4, 0.5) is 0 Å². The zero-order chi connectivity index (χ0) is 15.5. The zero-order valence-corrected chi connectivity index (χ0v) is 14.0. The average molecular weight is 391 g/mol. The molecule has 0 fully saturated rings. The molecule has 2 rings (SSSR count). The molecule has 0 aliphatic carbocycles. The smallest absolute Gasteiger partial charge is 0.240 e. The number of hydrogen-bond acceptors (Lipinski definition) is 3. The van der Waals surface area contributed by atoms with Crippen molar-refractivity contribution < 1.29 is 13.5 Å². The van der Waals surface area contributed by atoms with Gasteiger partial charge in [0.25, 0.3) is 0 Å². The number of halogens is 2. The molecule has 2 aromatic carbocycles. The third-order valence-corrected chi connectivity index (χ3v) is 5.49. The molecule has 1 unspecified atom stereocenters. The van der Waals surface area contributed by atoms with E-state index in [1.165, 1.54) is 18.2 Å². The highest BCUT2D eigenvalue weighted by molar-refractivity contribution is 9.10. The van der Waals surface area contributed by atoms with Crippen molar-refractivity contribution in [2.24, 2.45) is 0 Å². The molecular weight excluding hydrogens is 378 g/mol. The van der Waals surface area contributed by atoms with Crippen LogP contribution in [0.1, 0.15) is 11.7 Å². The van der Waals surface area contributed by atoms with Crippen LogP contribution in [0.5, 0.6) is 0 Å². The van der Waals surface area contributed by atoms with Crippen LogP contribution in [0.2, 0.25) is 5.02 Å². The SMILES string of the molecule is O=S(=O)(NCC(O)c1ccccc1)c1ccc(Cl)c(Br)c1. The van der Waals surface area contributed by atoms with Crippen LogP contribution in [0.15, 0.2) is 57.9 Å². The van der Waals surface area contributed by atoms with Crippen LogP contribution >= 0.6 is 27.5 Å². The molecule has 0 heterocycles. The molecule has 0 aliphatic heterocycles. The molecule has 0 radical (unpaired) electrons. The Kier molecular flexibility index (Phi) is 5.40. The van der Waals surface area contributed by atoms with Gasteiger partial charge in [-0.05, 0) is 39.7 Å². The first-order valence-corrected chi connectivity index (χ1v) is 8.73. The highest BCUT2D eigenvalue weighted by atomic mass is 79.9. The van der Waals surface area contributed by atoms with Crippen LogP contribution in [-0.4, -0.2) is 20.1 Å². The van der Waals surface area contributed by atoms with Gasteiger partial charge in [0.05, 0.1) is 16.0 Å². The Morgan fingerprint density at radius 3 is 2.48 bits per heavy atom. The number of sulfonamides is 1. The van der Waals surface area contributed by atoms with Gasteiger partial charge in [-0.3, -0.25) is 0 Å². The lowest BCUT2D eigenvalue weighted by Crippen LogP contribution is -2.28. The van der Waals surface area contributed by atoms with Crippen LogP contribution in [0.25, 0.3) is 0 Å². The lowest BCUT2D eigenvalue weighted by molar-refractivity contribution is 0.182. The second-order valence-electron chi connectivity index (χ2n) is 4.35. The molecule has 112 valence electrons. The molecule has 0 spiro atoms. The maximum absolute atomic E-state index is 12.1. The Labute approximate surface area is 136 Å². The lowest BCUT2D eigenvalue weighted by atomic mass is 10.1. The number of aliphatic hydroxyl groups excluding tert-OH is 1. The van der Waals surface area contributed by atoms with Crippen molar-refractivity contribution >= 4 is 37.6 Å². The predicted octanol–water partition coefficient (Wildman–Crippen LogP) is 3.11. The van der Waals surface area contributed by atoms with Crippen molar-refractivity contribution in [1.29, 1.82) is 0 Å². The van der Waals surface area contributed by atoms with E-state index in [1.54, 1.807) is 24.3 Å². The summed E-state index contributed by atoms with van der Waals surface area (Å²) >= 11 is 9.02. The van der Waals surface area contributed by atoms with Crippen LogP contribution in [-0.2, 0) is 10.0 Å². The molecule has 0 aromatic heterocycles. The summed E-state index contributed by atoms with van der Waals surface area (Å²) in [7, 11) is -3.70. The topological polar surface area (TPSA) is 66.4 Å². The number of benzene rings is 2. The van der Waals surface area contributed by atoms with Crippen LogP contribution < -0.4 is 4.72 Å². The summed E-state index contributed by atoms with van der Waals surface area (Å²) in [5, 5.41) is 10.4. The predicted molar refractivity (Wildman–Crippen MR) is 85.7 cm³/mol. The Bertz CT molecular complexity index is 722. The van der Waals surface area contributed by atoms with Crippen LogP contribution in [0, 0.1) is 0 Å². The summed E-state index contributed by atoms with van der Waals surface area (Å²) in [6.45, 7) is -0.105. The van der Waals surface area contributed by atoms with E-state index in [4.69, 9.17) is 11.6 Å². The van der Waals surface area contributed by atoms with E-state index in [9.17, 15) is 13.5 Å². The molecule has 1 atom stereocenters. The summed E-state index contributed by atoms with van der Waals surface area (Å²) in [5.74, 6) is 0. The van der Waals surface area contributed by atoms with Crippen molar-refractivity contribution in [3.05, 3.63) is 63.6 Å². The molecule has 4 nitrogen and oxygen atoms in total. The zero-order valence-electron chi connectivity index (χ0n) is 10.8. The van der Waals surface area contributed by atoms with Gasteiger partial charge in [0.2, 0.25) is 10.0 Å². The van der Waals surface area contributed by atoms with E-state index in [1.807, 2.05) is 6.07 Å². The molecule has 21 heavy (non-hydrogen) atoms. The number of hydrogen-bond donors (Lipinski definition) is 2. The first kappa shape index (κ1) is 16.5. The van der Waals surface area contributed by atoms with Crippen molar-refractivity contribution in [1.82, 2.24) is 4.72 Å². The van der Waals surface area contributed by atoms with E-state index in [0.717, 1.165) is 0 Å². The fourth-order valence-corrected chi connectivity index (χ4v) is 3.42. The summed E-state index contributed by atoms with van der Waals surface area (Å²) in [6.07, 6.45) is -0.906. The minimum Gasteiger partial charge on any atom is -0.387 e. The molecular formula is C14H13BrClNO3S. The van der Waals surface area contributed by atoms with E-state index in [2.05, 4.69) is 20.7 Å². The Morgan fingerprint density at radius 2 is 1.86 bits per heavy atom. The minimum atomic E-state index is -3.70. The van der Waals surface area contributed by atoms with Gasteiger partial charge in [0.15, 0.2) is 0 Å².